The lowest BCUT2D eigenvalue weighted by molar-refractivity contribution is 0.0378. The van der Waals surface area contributed by atoms with Crippen molar-refractivity contribution < 1.29 is 9.53 Å². The van der Waals surface area contributed by atoms with E-state index in [0.29, 0.717) is 11.3 Å². The summed E-state index contributed by atoms with van der Waals surface area (Å²) in [7, 11) is 0. The van der Waals surface area contributed by atoms with Crippen molar-refractivity contribution in [2.75, 3.05) is 17.6 Å². The largest absolute Gasteiger partial charge is 0.459 e. The van der Waals surface area contributed by atoms with Crippen molar-refractivity contribution in [1.29, 1.82) is 0 Å². The molecule has 0 radical (unpaired) electrons. The molecular formula is C13H20N2O2. The summed E-state index contributed by atoms with van der Waals surface area (Å²) in [6.45, 7) is 6.58. The van der Waals surface area contributed by atoms with Gasteiger partial charge in [0.25, 0.3) is 0 Å². The van der Waals surface area contributed by atoms with Crippen molar-refractivity contribution in [3.8, 4) is 0 Å². The van der Waals surface area contributed by atoms with Gasteiger partial charge in [0, 0.05) is 6.54 Å². The minimum Gasteiger partial charge on any atom is -0.459 e. The van der Waals surface area contributed by atoms with Gasteiger partial charge >= 0.3 is 5.97 Å². The zero-order chi connectivity index (χ0) is 12.8. The van der Waals surface area contributed by atoms with E-state index >= 15 is 0 Å². The standard InChI is InChI=1S/C13H20N2O2/c1-4-7-15-12-6-5-10(8-11(12)14)13(16)17-9(2)3/h5-6,8-9,15H,4,7,14H2,1-3H3. The van der Waals surface area contributed by atoms with Gasteiger partial charge in [-0.3, -0.25) is 0 Å². The average Bonchev–Trinajstić information content (AvgIpc) is 2.26. The lowest BCUT2D eigenvalue weighted by Crippen LogP contribution is -2.12. The molecule has 0 aliphatic carbocycles. The van der Waals surface area contributed by atoms with E-state index in [4.69, 9.17) is 10.5 Å². The topological polar surface area (TPSA) is 64.3 Å². The number of nitrogen functional groups attached to an aromatic ring is 1. The fourth-order valence-corrected chi connectivity index (χ4v) is 1.39. The first kappa shape index (κ1) is 13.4. The summed E-state index contributed by atoms with van der Waals surface area (Å²) in [6, 6.07) is 5.17. The second-order valence-electron chi connectivity index (χ2n) is 4.18. The molecule has 1 rings (SSSR count). The predicted octanol–water partition coefficient (Wildman–Crippen LogP) is 2.66. The minimum absolute atomic E-state index is 0.124. The molecule has 1 aromatic carbocycles. The molecule has 0 bridgehead atoms. The highest BCUT2D eigenvalue weighted by Gasteiger charge is 2.10. The van der Waals surface area contributed by atoms with E-state index in [0.717, 1.165) is 18.7 Å². The molecule has 1 aromatic rings. The third-order valence-corrected chi connectivity index (χ3v) is 2.20. The van der Waals surface area contributed by atoms with Gasteiger partial charge in [0.1, 0.15) is 0 Å². The Morgan fingerprint density at radius 2 is 2.18 bits per heavy atom. The Bertz CT molecular complexity index is 389. The van der Waals surface area contributed by atoms with E-state index in [-0.39, 0.29) is 12.1 Å². The van der Waals surface area contributed by atoms with Gasteiger partial charge in [-0.15, -0.1) is 0 Å². The van der Waals surface area contributed by atoms with Crippen LogP contribution < -0.4 is 11.1 Å². The molecule has 4 nitrogen and oxygen atoms in total. The molecule has 0 amide bonds. The fraction of sp³-hybridized carbons (Fsp3) is 0.462. The molecule has 94 valence electrons. The normalized spacial score (nSPS) is 10.4. The number of ether oxygens (including phenoxy) is 1. The highest BCUT2D eigenvalue weighted by Crippen LogP contribution is 2.20. The molecule has 0 saturated heterocycles. The summed E-state index contributed by atoms with van der Waals surface area (Å²) in [4.78, 5) is 11.6. The summed E-state index contributed by atoms with van der Waals surface area (Å²) in [5, 5.41) is 3.19. The first-order valence-corrected chi connectivity index (χ1v) is 5.89. The maximum absolute atomic E-state index is 11.6. The number of anilines is 2. The summed E-state index contributed by atoms with van der Waals surface area (Å²) in [5.74, 6) is -0.339. The third kappa shape index (κ3) is 3.98. The third-order valence-electron chi connectivity index (χ3n) is 2.20. The van der Waals surface area contributed by atoms with Crippen LogP contribution in [0.25, 0.3) is 0 Å². The SMILES string of the molecule is CCCNc1ccc(C(=O)OC(C)C)cc1N. The second-order valence-corrected chi connectivity index (χ2v) is 4.18. The molecule has 0 heterocycles. The first-order chi connectivity index (χ1) is 8.04. The molecule has 3 N–H and O–H groups in total. The molecule has 0 fully saturated rings. The Hall–Kier alpha value is -1.71. The van der Waals surface area contributed by atoms with Crippen LogP contribution >= 0.6 is 0 Å². The molecular weight excluding hydrogens is 216 g/mol. The number of esters is 1. The lowest BCUT2D eigenvalue weighted by Gasteiger charge is -2.11. The number of hydrogen-bond acceptors (Lipinski definition) is 4. The number of rotatable bonds is 5. The van der Waals surface area contributed by atoms with Crippen molar-refractivity contribution in [2.24, 2.45) is 0 Å². The average molecular weight is 236 g/mol. The summed E-state index contributed by atoms with van der Waals surface area (Å²) in [6.07, 6.45) is 0.901. The quantitative estimate of drug-likeness (QED) is 0.609. The number of benzene rings is 1. The Kier molecular flexibility index (Phi) is 4.82. The number of nitrogens with two attached hydrogens (primary N) is 1. The highest BCUT2D eigenvalue weighted by molar-refractivity contribution is 5.92. The van der Waals surface area contributed by atoms with Gasteiger partial charge in [-0.25, -0.2) is 4.79 Å². The van der Waals surface area contributed by atoms with Crippen LogP contribution in [0, 0.1) is 0 Å². The van der Waals surface area contributed by atoms with Crippen LogP contribution in [0.2, 0.25) is 0 Å². The van der Waals surface area contributed by atoms with Crippen molar-refractivity contribution >= 4 is 17.3 Å². The maximum atomic E-state index is 11.6. The van der Waals surface area contributed by atoms with E-state index in [9.17, 15) is 4.79 Å². The van der Waals surface area contributed by atoms with E-state index in [1.807, 2.05) is 19.9 Å². The zero-order valence-electron chi connectivity index (χ0n) is 10.6. The van der Waals surface area contributed by atoms with Gasteiger partial charge in [0.05, 0.1) is 23.0 Å². The first-order valence-electron chi connectivity index (χ1n) is 5.89. The smallest absolute Gasteiger partial charge is 0.338 e. The van der Waals surface area contributed by atoms with Crippen LogP contribution in [0.1, 0.15) is 37.6 Å². The Labute approximate surface area is 102 Å². The summed E-state index contributed by atoms with van der Waals surface area (Å²) in [5.41, 5.74) is 7.77. The number of carbonyl (C=O) groups excluding carboxylic acids is 1. The van der Waals surface area contributed by atoms with Gasteiger partial charge in [0.15, 0.2) is 0 Å². The molecule has 0 aliphatic heterocycles. The molecule has 4 heteroatoms. The Morgan fingerprint density at radius 1 is 1.47 bits per heavy atom. The van der Waals surface area contributed by atoms with Crippen LogP contribution in [0.4, 0.5) is 11.4 Å². The highest BCUT2D eigenvalue weighted by atomic mass is 16.5. The number of hydrogen-bond donors (Lipinski definition) is 2. The van der Waals surface area contributed by atoms with Gasteiger partial charge in [-0.05, 0) is 38.5 Å². The molecule has 0 aliphatic rings. The number of nitrogens with one attached hydrogen (secondary N) is 1. The zero-order valence-corrected chi connectivity index (χ0v) is 10.6. The van der Waals surface area contributed by atoms with Crippen LogP contribution in [0.5, 0.6) is 0 Å². The summed E-state index contributed by atoms with van der Waals surface area (Å²) < 4.78 is 5.10. The van der Waals surface area contributed by atoms with Crippen LogP contribution in [0.15, 0.2) is 18.2 Å². The van der Waals surface area contributed by atoms with Crippen molar-refractivity contribution in [3.63, 3.8) is 0 Å². The maximum Gasteiger partial charge on any atom is 0.338 e. The minimum atomic E-state index is -0.339. The van der Waals surface area contributed by atoms with Gasteiger partial charge in [-0.2, -0.15) is 0 Å². The monoisotopic (exact) mass is 236 g/mol. The molecule has 0 saturated carbocycles. The van der Waals surface area contributed by atoms with E-state index < -0.39 is 0 Å². The predicted molar refractivity (Wildman–Crippen MR) is 70.2 cm³/mol. The molecule has 0 atom stereocenters. The molecule has 0 unspecified atom stereocenters. The van der Waals surface area contributed by atoms with Crippen molar-refractivity contribution in [2.45, 2.75) is 33.3 Å². The lowest BCUT2D eigenvalue weighted by atomic mass is 10.1. The van der Waals surface area contributed by atoms with E-state index in [1.54, 1.807) is 12.1 Å². The van der Waals surface area contributed by atoms with Crippen LogP contribution in [-0.4, -0.2) is 18.6 Å². The van der Waals surface area contributed by atoms with Crippen LogP contribution in [-0.2, 0) is 4.74 Å². The number of carbonyl (C=O) groups is 1. The van der Waals surface area contributed by atoms with Crippen molar-refractivity contribution in [1.82, 2.24) is 0 Å². The second kappa shape index (κ2) is 6.13. The molecule has 0 aromatic heterocycles. The summed E-state index contributed by atoms with van der Waals surface area (Å²) >= 11 is 0. The van der Waals surface area contributed by atoms with Gasteiger partial charge in [-0.1, -0.05) is 6.92 Å². The Balaban J connectivity index is 2.77. The van der Waals surface area contributed by atoms with Crippen LogP contribution in [0.3, 0.4) is 0 Å². The van der Waals surface area contributed by atoms with Gasteiger partial charge < -0.3 is 15.8 Å². The van der Waals surface area contributed by atoms with E-state index in [1.165, 1.54) is 0 Å². The van der Waals surface area contributed by atoms with Crippen molar-refractivity contribution in [3.05, 3.63) is 23.8 Å². The fourth-order valence-electron chi connectivity index (χ4n) is 1.39. The molecule has 0 spiro atoms. The Morgan fingerprint density at radius 3 is 2.71 bits per heavy atom. The molecule has 17 heavy (non-hydrogen) atoms. The van der Waals surface area contributed by atoms with Gasteiger partial charge in [0.2, 0.25) is 0 Å². The van der Waals surface area contributed by atoms with E-state index in [2.05, 4.69) is 12.2 Å².